The maximum Gasteiger partial charge on any atom is 0.317 e. The van der Waals surface area contributed by atoms with Gasteiger partial charge in [-0.25, -0.2) is 9.18 Å². The van der Waals surface area contributed by atoms with Gasteiger partial charge in [0.2, 0.25) is 5.91 Å². The summed E-state index contributed by atoms with van der Waals surface area (Å²) in [7, 11) is 1.57. The number of halogens is 1. The van der Waals surface area contributed by atoms with Gasteiger partial charge in [0.1, 0.15) is 12.4 Å². The molecule has 7 nitrogen and oxygen atoms in total. The Bertz CT molecular complexity index is 1080. The number of urea groups is 1. The lowest BCUT2D eigenvalue weighted by molar-refractivity contribution is -0.132. The van der Waals surface area contributed by atoms with Crippen LogP contribution in [0.5, 0.6) is 0 Å². The van der Waals surface area contributed by atoms with Crippen molar-refractivity contribution < 1.29 is 18.7 Å². The zero-order valence-electron chi connectivity index (χ0n) is 20.6. The van der Waals surface area contributed by atoms with Crippen molar-refractivity contribution in [3.63, 3.8) is 0 Å². The van der Waals surface area contributed by atoms with Gasteiger partial charge in [0.15, 0.2) is 0 Å². The van der Waals surface area contributed by atoms with Gasteiger partial charge < -0.3 is 24.8 Å². The third-order valence-corrected chi connectivity index (χ3v) is 5.95. The minimum absolute atomic E-state index is 0.0591. The van der Waals surface area contributed by atoms with E-state index in [2.05, 4.69) is 23.3 Å². The Morgan fingerprint density at radius 2 is 1.83 bits per heavy atom. The van der Waals surface area contributed by atoms with E-state index in [0.717, 1.165) is 34.9 Å². The molecule has 2 aromatic carbocycles. The van der Waals surface area contributed by atoms with Gasteiger partial charge in [-0.15, -0.1) is 0 Å². The molecule has 1 heterocycles. The van der Waals surface area contributed by atoms with Crippen molar-refractivity contribution in [2.45, 2.75) is 32.7 Å². The predicted octanol–water partition coefficient (Wildman–Crippen LogP) is 4.34. The van der Waals surface area contributed by atoms with E-state index in [4.69, 9.17) is 4.74 Å². The summed E-state index contributed by atoms with van der Waals surface area (Å²) in [5.41, 5.74) is 2.99. The molecule has 0 spiro atoms. The highest BCUT2D eigenvalue weighted by Crippen LogP contribution is 2.19. The zero-order chi connectivity index (χ0) is 25.0. The largest absolute Gasteiger partial charge is 0.383 e. The molecule has 0 atom stereocenters. The highest BCUT2D eigenvalue weighted by Gasteiger charge is 2.22. The minimum Gasteiger partial charge on any atom is -0.383 e. The van der Waals surface area contributed by atoms with Crippen LogP contribution in [0.2, 0.25) is 0 Å². The molecule has 0 radical (unpaired) electrons. The molecule has 0 aliphatic carbocycles. The van der Waals surface area contributed by atoms with Crippen LogP contribution in [0.15, 0.2) is 54.7 Å². The number of para-hydroxylation sites is 1. The van der Waals surface area contributed by atoms with Crippen molar-refractivity contribution in [1.29, 1.82) is 0 Å². The Hall–Kier alpha value is -3.39. The average Bonchev–Trinajstić information content (AvgIpc) is 3.28. The molecule has 8 heteroatoms. The van der Waals surface area contributed by atoms with Crippen LogP contribution in [0.1, 0.15) is 30.9 Å². The topological polar surface area (TPSA) is 77.7 Å². The van der Waals surface area contributed by atoms with E-state index in [1.54, 1.807) is 24.1 Å². The molecule has 188 valence electrons. The molecule has 0 aliphatic heterocycles. The number of hydrogen-bond acceptors (Lipinski definition) is 3. The molecule has 0 unspecified atom stereocenters. The Balaban J connectivity index is 1.74. The summed E-state index contributed by atoms with van der Waals surface area (Å²) in [5, 5.41) is 4.01. The van der Waals surface area contributed by atoms with Gasteiger partial charge in [-0.3, -0.25) is 4.79 Å². The molecule has 35 heavy (non-hydrogen) atoms. The van der Waals surface area contributed by atoms with E-state index in [-0.39, 0.29) is 24.3 Å². The number of methoxy groups -OCH3 is 1. The summed E-state index contributed by atoms with van der Waals surface area (Å²) < 4.78 is 18.6. The molecular weight excluding hydrogens is 447 g/mol. The molecule has 3 amide bonds. The normalized spacial score (nSPS) is 10.9. The summed E-state index contributed by atoms with van der Waals surface area (Å²) in [4.78, 5) is 32.6. The molecule has 0 fully saturated rings. The van der Waals surface area contributed by atoms with Crippen molar-refractivity contribution >= 4 is 22.8 Å². The highest BCUT2D eigenvalue weighted by molar-refractivity contribution is 5.85. The first-order valence-electron chi connectivity index (χ1n) is 12.1. The number of carbonyl (C=O) groups excluding carboxylic acids is 2. The number of hydrogen-bond donors (Lipinski definition) is 2. The Labute approximate surface area is 206 Å². The highest BCUT2D eigenvalue weighted by atomic mass is 19.1. The molecule has 0 saturated carbocycles. The van der Waals surface area contributed by atoms with Crippen LogP contribution in [0, 0.1) is 5.82 Å². The first kappa shape index (κ1) is 26.2. The van der Waals surface area contributed by atoms with Crippen molar-refractivity contribution in [1.82, 2.24) is 20.1 Å². The van der Waals surface area contributed by atoms with Gasteiger partial charge in [-0.05, 0) is 42.2 Å². The van der Waals surface area contributed by atoms with Crippen LogP contribution in [0.25, 0.3) is 10.9 Å². The average molecular weight is 483 g/mol. The summed E-state index contributed by atoms with van der Waals surface area (Å²) >= 11 is 0. The summed E-state index contributed by atoms with van der Waals surface area (Å²) in [6, 6.07) is 13.9. The van der Waals surface area contributed by atoms with Crippen molar-refractivity contribution in [2.75, 3.05) is 39.9 Å². The van der Waals surface area contributed by atoms with Crippen molar-refractivity contribution in [2.24, 2.45) is 0 Å². The lowest BCUT2D eigenvalue weighted by atomic mass is 10.1. The molecule has 0 aliphatic rings. The smallest absolute Gasteiger partial charge is 0.317 e. The van der Waals surface area contributed by atoms with Gasteiger partial charge in [-0.2, -0.15) is 0 Å². The van der Waals surface area contributed by atoms with Gasteiger partial charge in [0.25, 0.3) is 0 Å². The lowest BCUT2D eigenvalue weighted by Gasteiger charge is -2.28. The second-order valence-electron chi connectivity index (χ2n) is 8.55. The molecule has 3 rings (SSSR count). The van der Waals surface area contributed by atoms with E-state index in [1.807, 2.05) is 24.4 Å². The van der Waals surface area contributed by atoms with Crippen LogP contribution in [0.4, 0.5) is 9.18 Å². The maximum atomic E-state index is 13.4. The molecule has 3 aromatic rings. The fourth-order valence-electron chi connectivity index (χ4n) is 3.90. The number of ether oxygens (including phenoxy) is 1. The van der Waals surface area contributed by atoms with E-state index in [0.29, 0.717) is 39.2 Å². The third-order valence-electron chi connectivity index (χ3n) is 5.95. The number of carbonyl (C=O) groups is 2. The van der Waals surface area contributed by atoms with Crippen LogP contribution in [-0.2, 0) is 22.5 Å². The number of aromatic amines is 1. The van der Waals surface area contributed by atoms with E-state index in [1.165, 1.54) is 17.0 Å². The van der Waals surface area contributed by atoms with Crippen molar-refractivity contribution in [3.8, 4) is 0 Å². The standard InChI is InChI=1S/C27H35FN4O3/c1-3-4-14-29-27(34)32(16-17-35-2)20-26(33)31(19-21-9-11-23(28)12-10-21)15-13-22-18-30-25-8-6-5-7-24(22)25/h5-12,18,30H,3-4,13-17,19-20H2,1-2H3,(H,29,34). The van der Waals surface area contributed by atoms with Crippen LogP contribution in [0.3, 0.4) is 0 Å². The third kappa shape index (κ3) is 7.82. The lowest BCUT2D eigenvalue weighted by Crippen LogP contribution is -2.48. The Kier molecular flexibility index (Phi) is 10.1. The van der Waals surface area contributed by atoms with E-state index in [9.17, 15) is 14.0 Å². The first-order chi connectivity index (χ1) is 17.0. The SMILES string of the molecule is CCCCNC(=O)N(CCOC)CC(=O)N(CCc1c[nH]c2ccccc12)Cc1ccc(F)cc1. The van der Waals surface area contributed by atoms with Gasteiger partial charge in [0.05, 0.1) is 6.61 Å². The van der Waals surface area contributed by atoms with E-state index >= 15 is 0 Å². The molecule has 2 N–H and O–H groups in total. The molecule has 0 bridgehead atoms. The fraction of sp³-hybridized carbons (Fsp3) is 0.407. The number of H-pyrrole nitrogens is 1. The summed E-state index contributed by atoms with van der Waals surface area (Å²) in [6.45, 7) is 4.00. The number of nitrogens with zero attached hydrogens (tertiary/aromatic N) is 2. The van der Waals surface area contributed by atoms with Gasteiger partial charge in [-0.1, -0.05) is 43.7 Å². The number of rotatable bonds is 13. The minimum atomic E-state index is -0.320. The van der Waals surface area contributed by atoms with Gasteiger partial charge >= 0.3 is 6.03 Å². The zero-order valence-corrected chi connectivity index (χ0v) is 20.6. The molecule has 0 saturated heterocycles. The molecule has 1 aromatic heterocycles. The van der Waals surface area contributed by atoms with Crippen LogP contribution < -0.4 is 5.32 Å². The van der Waals surface area contributed by atoms with Crippen LogP contribution in [-0.4, -0.2) is 66.6 Å². The maximum absolute atomic E-state index is 13.4. The summed E-state index contributed by atoms with van der Waals surface area (Å²) in [6.07, 6.45) is 4.46. The Morgan fingerprint density at radius 3 is 2.57 bits per heavy atom. The van der Waals surface area contributed by atoms with Crippen LogP contribution >= 0.6 is 0 Å². The number of nitrogens with one attached hydrogen (secondary N) is 2. The number of aromatic nitrogens is 1. The monoisotopic (exact) mass is 482 g/mol. The quantitative estimate of drug-likeness (QED) is 0.356. The fourth-order valence-corrected chi connectivity index (χ4v) is 3.90. The number of amides is 3. The number of unbranched alkanes of at least 4 members (excludes halogenated alkanes) is 1. The summed E-state index contributed by atoms with van der Waals surface area (Å²) in [5.74, 6) is -0.490. The molecular formula is C27H35FN4O3. The predicted molar refractivity (Wildman–Crippen MR) is 136 cm³/mol. The van der Waals surface area contributed by atoms with Crippen molar-refractivity contribution in [3.05, 3.63) is 71.7 Å². The number of benzene rings is 2. The second-order valence-corrected chi connectivity index (χ2v) is 8.55. The Morgan fingerprint density at radius 1 is 1.06 bits per heavy atom. The second kappa shape index (κ2) is 13.5. The van der Waals surface area contributed by atoms with E-state index < -0.39 is 0 Å². The first-order valence-corrected chi connectivity index (χ1v) is 12.1. The van der Waals surface area contributed by atoms with Gasteiger partial charge in [0, 0.05) is 50.4 Å². The number of fused-ring (bicyclic) bond motifs is 1.